The number of carbonyl (C=O) groups is 1. The van der Waals surface area contributed by atoms with Crippen LogP contribution in [0, 0.1) is 0 Å². The fraction of sp³-hybridized carbons (Fsp3) is 0.889. The zero-order valence-corrected chi connectivity index (χ0v) is 9.78. The van der Waals surface area contributed by atoms with Crippen molar-refractivity contribution in [3.8, 4) is 0 Å². The van der Waals surface area contributed by atoms with Gasteiger partial charge in [-0.15, -0.1) is 0 Å². The molecular weight excluding hydrogens is 200 g/mol. The van der Waals surface area contributed by atoms with Crippen LogP contribution in [0.2, 0.25) is 0 Å². The van der Waals surface area contributed by atoms with E-state index in [1.54, 1.807) is 0 Å². The summed E-state index contributed by atoms with van der Waals surface area (Å²) in [5.74, 6) is 1.19. The molecule has 0 aromatic carbocycles. The van der Waals surface area contributed by atoms with Crippen LogP contribution < -0.4 is 10.6 Å². The van der Waals surface area contributed by atoms with Gasteiger partial charge in [-0.1, -0.05) is 20.3 Å². The second-order valence-corrected chi connectivity index (χ2v) is 4.83. The Morgan fingerprint density at radius 3 is 2.43 bits per heavy atom. The van der Waals surface area contributed by atoms with Crippen LogP contribution in [0.25, 0.3) is 0 Å². The number of amides is 2. The van der Waals surface area contributed by atoms with E-state index in [-0.39, 0.29) is 6.03 Å². The topological polar surface area (TPSA) is 58.2 Å². The number of unbranched alkanes of at least 4 members (excludes halogenated alkanes) is 1. The molecule has 1 unspecified atom stereocenters. The molecule has 2 N–H and O–H groups in total. The molecule has 0 saturated heterocycles. The summed E-state index contributed by atoms with van der Waals surface area (Å²) >= 11 is 0. The molecule has 0 bridgehead atoms. The first-order chi connectivity index (χ1) is 6.70. The van der Waals surface area contributed by atoms with E-state index in [4.69, 9.17) is 0 Å². The summed E-state index contributed by atoms with van der Waals surface area (Å²) in [4.78, 5) is 11.1. The van der Waals surface area contributed by atoms with Crippen LogP contribution in [0.5, 0.6) is 0 Å². The molecule has 0 heterocycles. The monoisotopic (exact) mass is 220 g/mol. The van der Waals surface area contributed by atoms with Crippen LogP contribution in [-0.4, -0.2) is 34.8 Å². The zero-order chi connectivity index (χ0) is 10.8. The van der Waals surface area contributed by atoms with Crippen molar-refractivity contribution in [1.82, 2.24) is 10.6 Å². The summed E-state index contributed by atoms with van der Waals surface area (Å²) < 4.78 is 11.0. The molecule has 0 spiro atoms. The largest absolute Gasteiger partial charge is 0.338 e. The van der Waals surface area contributed by atoms with E-state index in [1.165, 1.54) is 0 Å². The van der Waals surface area contributed by atoms with E-state index in [0.29, 0.717) is 24.6 Å². The van der Waals surface area contributed by atoms with Crippen molar-refractivity contribution in [2.45, 2.75) is 26.7 Å². The molecular formula is C9H20N2O2S. The molecule has 84 valence electrons. The van der Waals surface area contributed by atoms with Crippen LogP contribution in [0.3, 0.4) is 0 Å². The van der Waals surface area contributed by atoms with Gasteiger partial charge in [-0.25, -0.2) is 4.79 Å². The number of urea groups is 1. The van der Waals surface area contributed by atoms with E-state index < -0.39 is 10.8 Å². The Balaban J connectivity index is 3.31. The fourth-order valence-corrected chi connectivity index (χ4v) is 1.48. The Morgan fingerprint density at radius 1 is 1.21 bits per heavy atom. The van der Waals surface area contributed by atoms with E-state index in [2.05, 4.69) is 17.6 Å². The van der Waals surface area contributed by atoms with Gasteiger partial charge in [0.05, 0.1) is 0 Å². The highest BCUT2D eigenvalue weighted by molar-refractivity contribution is 7.84. The molecule has 0 radical (unpaired) electrons. The zero-order valence-electron chi connectivity index (χ0n) is 8.97. The maximum atomic E-state index is 11.1. The van der Waals surface area contributed by atoms with Crippen LogP contribution in [0.15, 0.2) is 0 Å². The van der Waals surface area contributed by atoms with Crippen molar-refractivity contribution in [3.63, 3.8) is 0 Å². The number of rotatable bonds is 7. The lowest BCUT2D eigenvalue weighted by Gasteiger charge is -2.06. The van der Waals surface area contributed by atoms with Gasteiger partial charge in [-0.3, -0.25) is 4.21 Å². The Morgan fingerprint density at radius 2 is 1.86 bits per heavy atom. The third-order valence-corrected chi connectivity index (χ3v) is 3.06. The summed E-state index contributed by atoms with van der Waals surface area (Å²) in [6, 6.07) is -0.161. The number of carbonyl (C=O) groups excluding carboxylic acids is 1. The predicted molar refractivity (Wildman–Crippen MR) is 59.9 cm³/mol. The first kappa shape index (κ1) is 13.4. The minimum absolute atomic E-state index is 0.161. The van der Waals surface area contributed by atoms with E-state index in [1.807, 2.05) is 6.92 Å². The minimum atomic E-state index is -0.793. The maximum Gasteiger partial charge on any atom is 0.314 e. The molecule has 14 heavy (non-hydrogen) atoms. The highest BCUT2D eigenvalue weighted by Crippen LogP contribution is 1.82. The second-order valence-electron chi connectivity index (χ2n) is 2.97. The standard InChI is InChI=1S/C9H20N2O2S/c1-3-5-6-10-9(12)11-7-8-14(13)4-2/h3-8H2,1-2H3,(H2,10,11,12). The van der Waals surface area contributed by atoms with Crippen LogP contribution >= 0.6 is 0 Å². The van der Waals surface area contributed by atoms with Crippen LogP contribution in [-0.2, 0) is 10.8 Å². The van der Waals surface area contributed by atoms with Crippen LogP contribution in [0.1, 0.15) is 26.7 Å². The average Bonchev–Trinajstić information content (AvgIpc) is 2.18. The summed E-state index contributed by atoms with van der Waals surface area (Å²) in [5, 5.41) is 5.39. The third kappa shape index (κ3) is 8.04. The highest BCUT2D eigenvalue weighted by atomic mass is 32.2. The summed E-state index contributed by atoms with van der Waals surface area (Å²) in [7, 11) is -0.793. The summed E-state index contributed by atoms with van der Waals surface area (Å²) in [6.45, 7) is 5.14. The van der Waals surface area contributed by atoms with Crippen molar-refractivity contribution in [2.24, 2.45) is 0 Å². The van der Waals surface area contributed by atoms with Crippen LogP contribution in [0.4, 0.5) is 4.79 Å². The summed E-state index contributed by atoms with van der Waals surface area (Å²) in [6.07, 6.45) is 2.06. The highest BCUT2D eigenvalue weighted by Gasteiger charge is 1.99. The first-order valence-electron chi connectivity index (χ1n) is 5.07. The van der Waals surface area contributed by atoms with Gasteiger partial charge in [-0.2, -0.15) is 0 Å². The lowest BCUT2D eigenvalue weighted by Crippen LogP contribution is -2.38. The third-order valence-electron chi connectivity index (χ3n) is 1.75. The van der Waals surface area contributed by atoms with Crippen molar-refractivity contribution in [1.29, 1.82) is 0 Å². The molecule has 0 aliphatic carbocycles. The van der Waals surface area contributed by atoms with E-state index in [9.17, 15) is 9.00 Å². The molecule has 1 atom stereocenters. The van der Waals surface area contributed by atoms with Gasteiger partial charge in [-0.05, 0) is 6.42 Å². The molecule has 0 aromatic heterocycles. The number of hydrogen-bond acceptors (Lipinski definition) is 2. The molecule has 0 aliphatic heterocycles. The van der Waals surface area contributed by atoms with Crippen molar-refractivity contribution in [3.05, 3.63) is 0 Å². The Kier molecular flexibility index (Phi) is 8.62. The number of hydrogen-bond donors (Lipinski definition) is 2. The second kappa shape index (κ2) is 8.99. The van der Waals surface area contributed by atoms with Gasteiger partial charge in [0.15, 0.2) is 0 Å². The fourth-order valence-electron chi connectivity index (χ4n) is 0.864. The SMILES string of the molecule is CCCCNC(=O)NCCS(=O)CC. The number of nitrogens with one attached hydrogen (secondary N) is 2. The molecule has 5 heteroatoms. The summed E-state index contributed by atoms with van der Waals surface area (Å²) in [5.41, 5.74) is 0. The van der Waals surface area contributed by atoms with Gasteiger partial charge in [0.1, 0.15) is 0 Å². The van der Waals surface area contributed by atoms with E-state index >= 15 is 0 Å². The Hall–Kier alpha value is -0.580. The first-order valence-corrected chi connectivity index (χ1v) is 6.56. The quantitative estimate of drug-likeness (QED) is 0.625. The van der Waals surface area contributed by atoms with Crippen molar-refractivity contribution < 1.29 is 9.00 Å². The normalized spacial score (nSPS) is 12.1. The van der Waals surface area contributed by atoms with Crippen molar-refractivity contribution in [2.75, 3.05) is 24.6 Å². The van der Waals surface area contributed by atoms with Gasteiger partial charge in [0, 0.05) is 35.4 Å². The Labute approximate surface area is 88.3 Å². The average molecular weight is 220 g/mol. The lowest BCUT2D eigenvalue weighted by molar-refractivity contribution is 0.241. The molecule has 0 rings (SSSR count). The predicted octanol–water partition coefficient (Wildman–Crippen LogP) is 0.854. The Bertz CT molecular complexity index is 186. The lowest BCUT2D eigenvalue weighted by atomic mass is 10.3. The maximum absolute atomic E-state index is 11.1. The molecule has 0 aromatic rings. The molecule has 2 amide bonds. The molecule has 4 nitrogen and oxygen atoms in total. The molecule has 0 fully saturated rings. The van der Waals surface area contributed by atoms with Gasteiger partial charge < -0.3 is 10.6 Å². The minimum Gasteiger partial charge on any atom is -0.338 e. The van der Waals surface area contributed by atoms with Gasteiger partial charge in [0.2, 0.25) is 0 Å². The smallest absolute Gasteiger partial charge is 0.314 e. The van der Waals surface area contributed by atoms with Gasteiger partial charge in [0.25, 0.3) is 0 Å². The van der Waals surface area contributed by atoms with Crippen molar-refractivity contribution >= 4 is 16.8 Å². The van der Waals surface area contributed by atoms with E-state index in [0.717, 1.165) is 12.8 Å². The molecule has 0 aliphatic rings. The molecule has 0 saturated carbocycles. The van der Waals surface area contributed by atoms with Gasteiger partial charge >= 0.3 is 6.03 Å².